The molecule has 156 valence electrons. The van der Waals surface area contributed by atoms with Crippen molar-refractivity contribution in [2.75, 3.05) is 12.4 Å². The number of furan rings is 1. The van der Waals surface area contributed by atoms with Gasteiger partial charge in [-0.1, -0.05) is 0 Å². The Bertz CT molecular complexity index is 1280. The normalized spacial score (nSPS) is 11.0. The number of nitrogens with zero attached hydrogens (tertiary/aromatic N) is 1. The lowest BCUT2D eigenvalue weighted by molar-refractivity contribution is -0.115. The first-order valence-electron chi connectivity index (χ1n) is 9.10. The third-order valence-electron chi connectivity index (χ3n) is 4.22. The molecule has 0 saturated heterocycles. The fourth-order valence-corrected chi connectivity index (χ4v) is 3.55. The van der Waals surface area contributed by atoms with Crippen LogP contribution < -0.4 is 15.4 Å². The van der Waals surface area contributed by atoms with Gasteiger partial charge in [-0.05, 0) is 82.8 Å². The third kappa shape index (κ3) is 5.01. The molecular weight excluding hydrogens is 482 g/mol. The molecule has 2 aromatic carbocycles. The number of hydrogen-bond acceptors (Lipinski definition) is 6. The number of halogens is 1. The maximum Gasteiger partial charge on any atom is 0.250 e. The number of benzene rings is 2. The Hall–Kier alpha value is -3.43. The average Bonchev–Trinajstić information content (AvgIpc) is 3.41. The first kappa shape index (κ1) is 20.8. The van der Waals surface area contributed by atoms with Crippen LogP contribution in [0.4, 0.5) is 5.69 Å². The molecule has 0 unspecified atom stereocenters. The smallest absolute Gasteiger partial charge is 0.250 e. The number of hydrogen-bond donors (Lipinski definition) is 2. The van der Waals surface area contributed by atoms with Gasteiger partial charge in [0.15, 0.2) is 10.7 Å². The van der Waals surface area contributed by atoms with E-state index in [0.29, 0.717) is 28.4 Å². The fourth-order valence-electron chi connectivity index (χ4n) is 2.79. The largest absolute Gasteiger partial charge is 0.496 e. The lowest BCUT2D eigenvalue weighted by atomic mass is 10.2. The molecule has 4 aromatic rings. The van der Waals surface area contributed by atoms with Crippen molar-refractivity contribution in [1.82, 2.24) is 10.3 Å². The van der Waals surface area contributed by atoms with Gasteiger partial charge in [0.2, 0.25) is 11.8 Å². The number of nitrogens with one attached hydrogen (secondary N) is 2. The van der Waals surface area contributed by atoms with E-state index in [9.17, 15) is 4.79 Å². The van der Waals surface area contributed by atoms with Crippen LogP contribution in [0.5, 0.6) is 5.75 Å². The first-order valence-corrected chi connectivity index (χ1v) is 10.3. The van der Waals surface area contributed by atoms with Crippen LogP contribution >= 0.6 is 28.1 Å². The van der Waals surface area contributed by atoms with Crippen LogP contribution in [0.3, 0.4) is 0 Å². The summed E-state index contributed by atoms with van der Waals surface area (Å²) in [7, 11) is 1.61. The molecule has 2 N–H and O–H groups in total. The van der Waals surface area contributed by atoms with Crippen molar-refractivity contribution in [2.24, 2.45) is 0 Å². The predicted molar refractivity (Wildman–Crippen MR) is 126 cm³/mol. The molecule has 2 heterocycles. The van der Waals surface area contributed by atoms with E-state index < -0.39 is 0 Å². The number of carbonyl (C=O) groups is 1. The monoisotopic (exact) mass is 497 g/mol. The van der Waals surface area contributed by atoms with Gasteiger partial charge in [0.1, 0.15) is 17.0 Å². The molecule has 0 bridgehead atoms. The van der Waals surface area contributed by atoms with Gasteiger partial charge >= 0.3 is 0 Å². The molecule has 0 saturated carbocycles. The summed E-state index contributed by atoms with van der Waals surface area (Å²) in [6.45, 7) is 0. The number of rotatable bonds is 5. The second-order valence-corrected chi connectivity index (χ2v) is 7.61. The van der Waals surface area contributed by atoms with E-state index in [0.717, 1.165) is 15.8 Å². The minimum atomic E-state index is -0.371. The van der Waals surface area contributed by atoms with Crippen molar-refractivity contribution in [3.63, 3.8) is 0 Å². The number of carbonyl (C=O) groups excluding carboxylic acids is 1. The quantitative estimate of drug-likeness (QED) is 0.282. The molecular formula is C22H16BrN3O4S. The minimum Gasteiger partial charge on any atom is -0.496 e. The van der Waals surface area contributed by atoms with Crippen LogP contribution in [0.25, 0.3) is 28.6 Å². The SMILES string of the molecule is COc1ccc(-c2nc3cc(NC(=S)NC(=O)C=Cc4ccco4)ccc3o2)cc1Br. The van der Waals surface area contributed by atoms with Crippen molar-refractivity contribution in [3.05, 3.63) is 71.1 Å². The standard InChI is InChI=1S/C22H16BrN3O4S/c1-28-18-7-4-13(11-16(18)23)21-25-17-12-14(5-8-19(17)30-21)24-22(31)26-20(27)9-6-15-3-2-10-29-15/h2-12H,1H3,(H2,24,26,27,31). The molecule has 4 rings (SSSR count). The molecule has 1 amide bonds. The summed E-state index contributed by atoms with van der Waals surface area (Å²) < 4.78 is 17.0. The summed E-state index contributed by atoms with van der Waals surface area (Å²) in [5.74, 6) is 1.41. The van der Waals surface area contributed by atoms with Gasteiger partial charge in [0, 0.05) is 17.3 Å². The lowest BCUT2D eigenvalue weighted by Gasteiger charge is -2.07. The van der Waals surface area contributed by atoms with Gasteiger partial charge in [0.05, 0.1) is 17.8 Å². The number of thiocarbonyl (C=S) groups is 1. The van der Waals surface area contributed by atoms with Gasteiger partial charge in [-0.2, -0.15) is 0 Å². The summed E-state index contributed by atoms with van der Waals surface area (Å²) in [6, 6.07) is 14.4. The van der Waals surface area contributed by atoms with Gasteiger partial charge < -0.3 is 18.9 Å². The zero-order chi connectivity index (χ0) is 21.8. The molecule has 0 radical (unpaired) electrons. The van der Waals surface area contributed by atoms with Crippen LogP contribution in [0.15, 0.2) is 74.2 Å². The van der Waals surface area contributed by atoms with E-state index >= 15 is 0 Å². The van der Waals surface area contributed by atoms with E-state index in [1.54, 1.807) is 43.5 Å². The molecule has 9 heteroatoms. The second-order valence-electron chi connectivity index (χ2n) is 6.34. The maximum absolute atomic E-state index is 12.0. The Balaban J connectivity index is 1.45. The van der Waals surface area contributed by atoms with E-state index in [4.69, 9.17) is 25.8 Å². The van der Waals surface area contributed by atoms with Crippen molar-refractivity contribution in [3.8, 4) is 17.2 Å². The Morgan fingerprint density at radius 3 is 2.84 bits per heavy atom. The summed E-state index contributed by atoms with van der Waals surface area (Å²) in [5.41, 5.74) is 2.76. The van der Waals surface area contributed by atoms with Gasteiger partial charge in [-0.25, -0.2) is 4.98 Å². The van der Waals surface area contributed by atoms with E-state index in [1.807, 2.05) is 18.2 Å². The number of fused-ring (bicyclic) bond motifs is 1. The zero-order valence-electron chi connectivity index (χ0n) is 16.2. The van der Waals surface area contributed by atoms with Gasteiger partial charge in [0.25, 0.3) is 0 Å². The Labute approximate surface area is 191 Å². The van der Waals surface area contributed by atoms with Crippen LogP contribution in [0.2, 0.25) is 0 Å². The van der Waals surface area contributed by atoms with Crippen molar-refractivity contribution in [1.29, 1.82) is 0 Å². The first-order chi connectivity index (χ1) is 15.0. The summed E-state index contributed by atoms with van der Waals surface area (Å²) in [4.78, 5) is 16.5. The predicted octanol–water partition coefficient (Wildman–Crippen LogP) is 5.39. The van der Waals surface area contributed by atoms with E-state index in [1.165, 1.54) is 12.3 Å². The highest BCUT2D eigenvalue weighted by Gasteiger charge is 2.12. The van der Waals surface area contributed by atoms with Crippen molar-refractivity contribution >= 4 is 62.0 Å². The zero-order valence-corrected chi connectivity index (χ0v) is 18.6. The Kier molecular flexibility index (Phi) is 6.15. The molecule has 0 fully saturated rings. The van der Waals surface area contributed by atoms with Gasteiger partial charge in [-0.15, -0.1) is 0 Å². The highest BCUT2D eigenvalue weighted by molar-refractivity contribution is 9.10. The lowest BCUT2D eigenvalue weighted by Crippen LogP contribution is -2.32. The highest BCUT2D eigenvalue weighted by atomic mass is 79.9. The number of anilines is 1. The van der Waals surface area contributed by atoms with Crippen molar-refractivity contribution in [2.45, 2.75) is 0 Å². The molecule has 2 aromatic heterocycles. The topological polar surface area (TPSA) is 89.5 Å². The molecule has 0 aliphatic heterocycles. The minimum absolute atomic E-state index is 0.163. The molecule has 0 atom stereocenters. The molecule has 7 nitrogen and oxygen atoms in total. The van der Waals surface area contributed by atoms with Crippen LogP contribution in [0, 0.1) is 0 Å². The fraction of sp³-hybridized carbons (Fsp3) is 0.0455. The second kappa shape index (κ2) is 9.15. The number of ether oxygens (including phenoxy) is 1. The average molecular weight is 498 g/mol. The highest BCUT2D eigenvalue weighted by Crippen LogP contribution is 2.32. The van der Waals surface area contributed by atoms with Crippen LogP contribution in [0.1, 0.15) is 5.76 Å². The van der Waals surface area contributed by atoms with Gasteiger partial charge in [-0.3, -0.25) is 10.1 Å². The number of methoxy groups -OCH3 is 1. The van der Waals surface area contributed by atoms with E-state index in [-0.39, 0.29) is 11.0 Å². The molecule has 0 spiro atoms. The van der Waals surface area contributed by atoms with E-state index in [2.05, 4.69) is 31.5 Å². The number of aromatic nitrogens is 1. The molecule has 31 heavy (non-hydrogen) atoms. The van der Waals surface area contributed by atoms with Crippen LogP contribution in [-0.4, -0.2) is 23.1 Å². The summed E-state index contributed by atoms with van der Waals surface area (Å²) in [5, 5.41) is 5.71. The van der Waals surface area contributed by atoms with Crippen LogP contribution in [-0.2, 0) is 4.79 Å². The Morgan fingerprint density at radius 2 is 2.10 bits per heavy atom. The summed E-state index contributed by atoms with van der Waals surface area (Å²) in [6.07, 6.45) is 4.42. The number of amides is 1. The third-order valence-corrected chi connectivity index (χ3v) is 5.05. The van der Waals surface area contributed by atoms with Crippen molar-refractivity contribution < 1.29 is 18.4 Å². The maximum atomic E-state index is 12.0. The number of oxazole rings is 1. The molecule has 0 aliphatic rings. The Morgan fingerprint density at radius 1 is 1.23 bits per heavy atom. The summed E-state index contributed by atoms with van der Waals surface area (Å²) >= 11 is 8.67. The molecule has 0 aliphatic carbocycles.